The molecule has 2 amide bonds. The summed E-state index contributed by atoms with van der Waals surface area (Å²) in [6.45, 7) is 5.75. The number of methoxy groups -OCH3 is 1. The standard InChI is InChI=1S/C23H35N3O4/c1-3-30-22(27)15-24-23(28)26(11-12-29-2)17-18-7-6-10-25(16-18)21-13-19-8-4-5-9-20(19)14-21/h4-5,8-9,18,21H,3,6-7,10-17H2,1-2H3,(H,24,28)/t18-/m0/s1. The molecule has 0 saturated carbocycles. The van der Waals surface area contributed by atoms with Gasteiger partial charge in [-0.25, -0.2) is 4.79 Å². The first-order valence-corrected chi connectivity index (χ1v) is 11.1. The van der Waals surface area contributed by atoms with Gasteiger partial charge in [0.25, 0.3) is 0 Å². The monoisotopic (exact) mass is 417 g/mol. The van der Waals surface area contributed by atoms with Crippen molar-refractivity contribution in [3.05, 3.63) is 35.4 Å². The average Bonchev–Trinajstić information content (AvgIpc) is 3.20. The number of fused-ring (bicyclic) bond motifs is 1. The van der Waals surface area contributed by atoms with Gasteiger partial charge >= 0.3 is 12.0 Å². The number of benzene rings is 1. The first-order chi connectivity index (χ1) is 14.6. The van der Waals surface area contributed by atoms with Gasteiger partial charge in [-0.15, -0.1) is 0 Å². The Morgan fingerprint density at radius 1 is 1.23 bits per heavy atom. The number of carbonyl (C=O) groups excluding carboxylic acids is 2. The number of hydrogen-bond donors (Lipinski definition) is 1. The minimum Gasteiger partial charge on any atom is -0.465 e. The Bertz CT molecular complexity index is 686. The third-order valence-electron chi connectivity index (χ3n) is 6.12. The number of carbonyl (C=O) groups is 2. The highest BCUT2D eigenvalue weighted by Crippen LogP contribution is 2.29. The molecule has 7 nitrogen and oxygen atoms in total. The van der Waals surface area contributed by atoms with Crippen LogP contribution in [0.1, 0.15) is 30.9 Å². The zero-order valence-corrected chi connectivity index (χ0v) is 18.3. The fourth-order valence-corrected chi connectivity index (χ4v) is 4.63. The van der Waals surface area contributed by atoms with Crippen molar-refractivity contribution in [2.45, 2.75) is 38.6 Å². The summed E-state index contributed by atoms with van der Waals surface area (Å²) in [4.78, 5) is 28.6. The smallest absolute Gasteiger partial charge is 0.325 e. The Balaban J connectivity index is 1.53. The molecule has 0 aromatic heterocycles. The third kappa shape index (κ3) is 6.19. The van der Waals surface area contributed by atoms with Crippen LogP contribution >= 0.6 is 0 Å². The molecule has 1 atom stereocenters. The van der Waals surface area contributed by atoms with Crippen LogP contribution in [0.4, 0.5) is 4.79 Å². The van der Waals surface area contributed by atoms with E-state index in [-0.39, 0.29) is 12.6 Å². The molecule has 2 aliphatic rings. The predicted molar refractivity (Wildman–Crippen MR) is 115 cm³/mol. The van der Waals surface area contributed by atoms with E-state index in [0.717, 1.165) is 38.8 Å². The third-order valence-corrected chi connectivity index (χ3v) is 6.12. The van der Waals surface area contributed by atoms with Crippen molar-refractivity contribution in [2.24, 2.45) is 5.92 Å². The summed E-state index contributed by atoms with van der Waals surface area (Å²) in [7, 11) is 1.63. The molecule has 1 saturated heterocycles. The summed E-state index contributed by atoms with van der Waals surface area (Å²) in [5.41, 5.74) is 2.95. The number of rotatable bonds is 9. The largest absolute Gasteiger partial charge is 0.465 e. The molecule has 1 N–H and O–H groups in total. The Kier molecular flexibility index (Phi) is 8.51. The molecule has 0 radical (unpaired) electrons. The van der Waals surface area contributed by atoms with Gasteiger partial charge in [-0.1, -0.05) is 24.3 Å². The van der Waals surface area contributed by atoms with Gasteiger partial charge in [-0.2, -0.15) is 0 Å². The lowest BCUT2D eigenvalue weighted by atomic mass is 9.95. The first kappa shape index (κ1) is 22.6. The zero-order chi connectivity index (χ0) is 21.3. The van der Waals surface area contributed by atoms with Crippen LogP contribution in [-0.4, -0.2) is 80.9 Å². The topological polar surface area (TPSA) is 71.1 Å². The number of nitrogens with zero attached hydrogens (tertiary/aromatic N) is 2. The van der Waals surface area contributed by atoms with Crippen molar-refractivity contribution < 1.29 is 19.1 Å². The van der Waals surface area contributed by atoms with E-state index in [1.165, 1.54) is 11.1 Å². The maximum atomic E-state index is 12.7. The summed E-state index contributed by atoms with van der Waals surface area (Å²) in [6, 6.07) is 9.08. The molecular weight excluding hydrogens is 382 g/mol. The predicted octanol–water partition coefficient (Wildman–Crippen LogP) is 2.09. The maximum absolute atomic E-state index is 12.7. The lowest BCUT2D eigenvalue weighted by molar-refractivity contribution is -0.141. The van der Waals surface area contributed by atoms with E-state index in [9.17, 15) is 9.59 Å². The van der Waals surface area contributed by atoms with Crippen LogP contribution in [0.25, 0.3) is 0 Å². The van der Waals surface area contributed by atoms with Gasteiger partial charge in [0, 0.05) is 32.8 Å². The van der Waals surface area contributed by atoms with Crippen molar-refractivity contribution in [3.63, 3.8) is 0 Å². The molecule has 1 aliphatic heterocycles. The van der Waals surface area contributed by atoms with Gasteiger partial charge in [0.15, 0.2) is 0 Å². The second-order valence-corrected chi connectivity index (χ2v) is 8.24. The maximum Gasteiger partial charge on any atom is 0.325 e. The van der Waals surface area contributed by atoms with E-state index < -0.39 is 5.97 Å². The molecule has 1 fully saturated rings. The van der Waals surface area contributed by atoms with Crippen molar-refractivity contribution in [2.75, 3.05) is 53.0 Å². The lowest BCUT2D eigenvalue weighted by Crippen LogP contribution is -2.50. The van der Waals surface area contributed by atoms with Gasteiger partial charge in [-0.3, -0.25) is 9.69 Å². The van der Waals surface area contributed by atoms with E-state index in [1.54, 1.807) is 18.9 Å². The summed E-state index contributed by atoms with van der Waals surface area (Å²) in [5, 5.41) is 2.69. The normalized spacial score (nSPS) is 19.3. The number of esters is 1. The van der Waals surface area contributed by atoms with Crippen molar-refractivity contribution >= 4 is 12.0 Å². The van der Waals surface area contributed by atoms with Gasteiger partial charge in [0.1, 0.15) is 6.54 Å². The van der Waals surface area contributed by atoms with Crippen molar-refractivity contribution in [3.8, 4) is 0 Å². The fraction of sp³-hybridized carbons (Fsp3) is 0.652. The quantitative estimate of drug-likeness (QED) is 0.623. The van der Waals surface area contributed by atoms with E-state index in [4.69, 9.17) is 9.47 Å². The molecule has 0 unspecified atom stereocenters. The SMILES string of the molecule is CCOC(=O)CNC(=O)N(CCOC)C[C@H]1CCCN(C2Cc3ccccc3C2)C1. The minimum atomic E-state index is -0.415. The van der Waals surface area contributed by atoms with E-state index in [1.807, 2.05) is 0 Å². The van der Waals surface area contributed by atoms with Crippen LogP contribution in [0.15, 0.2) is 24.3 Å². The van der Waals surface area contributed by atoms with Gasteiger partial charge in [-0.05, 0) is 56.2 Å². The minimum absolute atomic E-state index is 0.104. The van der Waals surface area contributed by atoms with Gasteiger partial charge in [0.05, 0.1) is 13.2 Å². The number of amides is 2. The molecule has 0 bridgehead atoms. The van der Waals surface area contributed by atoms with E-state index in [2.05, 4.69) is 34.5 Å². The van der Waals surface area contributed by atoms with Crippen molar-refractivity contribution in [1.29, 1.82) is 0 Å². The molecule has 0 spiro atoms. The summed E-state index contributed by atoms with van der Waals surface area (Å²) >= 11 is 0. The van der Waals surface area contributed by atoms with Gasteiger partial charge in [0.2, 0.25) is 0 Å². The molecule has 1 aromatic carbocycles. The molecule has 7 heteroatoms. The van der Waals surface area contributed by atoms with E-state index in [0.29, 0.717) is 38.3 Å². The lowest BCUT2D eigenvalue weighted by Gasteiger charge is -2.38. The first-order valence-electron chi connectivity index (χ1n) is 11.1. The van der Waals surface area contributed by atoms with Crippen LogP contribution in [0, 0.1) is 5.92 Å². The fourth-order valence-electron chi connectivity index (χ4n) is 4.63. The van der Waals surface area contributed by atoms with E-state index >= 15 is 0 Å². The highest BCUT2D eigenvalue weighted by molar-refractivity contribution is 5.80. The molecule has 1 aliphatic carbocycles. The molecule has 1 heterocycles. The molecule has 166 valence electrons. The molecule has 3 rings (SSSR count). The molecular formula is C23H35N3O4. The Morgan fingerprint density at radius 3 is 2.63 bits per heavy atom. The Labute approximate surface area is 179 Å². The average molecular weight is 418 g/mol. The van der Waals surface area contributed by atoms with Gasteiger partial charge < -0.3 is 19.7 Å². The number of likely N-dealkylation sites (tertiary alicyclic amines) is 1. The number of nitrogens with one attached hydrogen (secondary N) is 1. The number of urea groups is 1. The summed E-state index contributed by atoms with van der Waals surface area (Å²) < 4.78 is 10.1. The summed E-state index contributed by atoms with van der Waals surface area (Å²) in [5.74, 6) is 0.00912. The Hall–Kier alpha value is -2.12. The van der Waals surface area contributed by atoms with Crippen LogP contribution < -0.4 is 5.32 Å². The number of hydrogen-bond acceptors (Lipinski definition) is 5. The highest BCUT2D eigenvalue weighted by atomic mass is 16.5. The van der Waals surface area contributed by atoms with Crippen molar-refractivity contribution in [1.82, 2.24) is 15.1 Å². The number of piperidine rings is 1. The van der Waals surface area contributed by atoms with Crippen LogP contribution in [0.3, 0.4) is 0 Å². The second kappa shape index (κ2) is 11.3. The van der Waals surface area contributed by atoms with Crippen LogP contribution in [-0.2, 0) is 27.1 Å². The van der Waals surface area contributed by atoms with Crippen LogP contribution in [0.2, 0.25) is 0 Å². The molecule has 1 aromatic rings. The Morgan fingerprint density at radius 2 is 1.97 bits per heavy atom. The summed E-state index contributed by atoms with van der Waals surface area (Å²) in [6.07, 6.45) is 4.51. The molecule has 30 heavy (non-hydrogen) atoms. The second-order valence-electron chi connectivity index (χ2n) is 8.24. The highest BCUT2D eigenvalue weighted by Gasteiger charge is 2.31. The number of ether oxygens (including phenoxy) is 2. The zero-order valence-electron chi connectivity index (χ0n) is 18.3. The van der Waals surface area contributed by atoms with Crippen LogP contribution in [0.5, 0.6) is 0 Å².